The number of methoxy groups -OCH3 is 1. The van der Waals surface area contributed by atoms with Crippen LogP contribution in [0.1, 0.15) is 6.42 Å². The third-order valence-electron chi connectivity index (χ3n) is 3.97. The third kappa shape index (κ3) is 6.28. The smallest absolute Gasteiger partial charge is 0.224 e. The first kappa shape index (κ1) is 19.0. The van der Waals surface area contributed by atoms with Crippen LogP contribution in [0.2, 0.25) is 5.02 Å². The van der Waals surface area contributed by atoms with E-state index in [4.69, 9.17) is 21.1 Å². The van der Waals surface area contributed by atoms with E-state index in [1.807, 2.05) is 4.90 Å². The van der Waals surface area contributed by atoms with Gasteiger partial charge < -0.3 is 19.5 Å². The largest absolute Gasteiger partial charge is 0.491 e. The molecule has 1 aliphatic heterocycles. The number of rotatable bonds is 8. The Morgan fingerprint density at radius 3 is 2.54 bits per heavy atom. The van der Waals surface area contributed by atoms with Gasteiger partial charge in [-0.1, -0.05) is 11.6 Å². The molecule has 0 aliphatic carbocycles. The molecule has 1 fully saturated rings. The number of benzene rings is 1. The molecule has 1 atom stereocenters. The van der Waals surface area contributed by atoms with Crippen molar-refractivity contribution in [2.24, 2.45) is 0 Å². The molecule has 0 bridgehead atoms. The fraction of sp³-hybridized carbons (Fsp3) is 0.588. The van der Waals surface area contributed by atoms with Crippen molar-refractivity contribution in [3.8, 4) is 5.75 Å². The average molecular weight is 357 g/mol. The molecule has 1 amide bonds. The van der Waals surface area contributed by atoms with Crippen LogP contribution in [0.4, 0.5) is 0 Å². The summed E-state index contributed by atoms with van der Waals surface area (Å²) in [5.74, 6) is 0.815. The average Bonchev–Trinajstić information content (AvgIpc) is 2.60. The number of hydrogen-bond donors (Lipinski definition) is 1. The summed E-state index contributed by atoms with van der Waals surface area (Å²) in [6.45, 7) is 4.12. The van der Waals surface area contributed by atoms with Gasteiger partial charge in [0.05, 0.1) is 13.0 Å². The second kappa shape index (κ2) is 9.84. The van der Waals surface area contributed by atoms with E-state index < -0.39 is 6.10 Å². The molecule has 1 heterocycles. The molecule has 24 heavy (non-hydrogen) atoms. The molecule has 1 aromatic carbocycles. The Kier molecular flexibility index (Phi) is 7.78. The van der Waals surface area contributed by atoms with E-state index in [9.17, 15) is 9.90 Å². The summed E-state index contributed by atoms with van der Waals surface area (Å²) in [6.07, 6.45) is -0.148. The fourth-order valence-electron chi connectivity index (χ4n) is 2.60. The molecule has 6 nitrogen and oxygen atoms in total. The molecule has 1 unspecified atom stereocenters. The van der Waals surface area contributed by atoms with Gasteiger partial charge in [-0.05, 0) is 24.3 Å². The van der Waals surface area contributed by atoms with E-state index >= 15 is 0 Å². The summed E-state index contributed by atoms with van der Waals surface area (Å²) in [7, 11) is 1.60. The van der Waals surface area contributed by atoms with Gasteiger partial charge in [0.1, 0.15) is 18.5 Å². The predicted octanol–water partition coefficient (Wildman–Crippen LogP) is 1.26. The van der Waals surface area contributed by atoms with E-state index in [0.29, 0.717) is 43.4 Å². The molecule has 134 valence electrons. The number of hydrogen-bond acceptors (Lipinski definition) is 5. The minimum Gasteiger partial charge on any atom is -0.491 e. The first-order chi connectivity index (χ1) is 11.6. The molecule has 1 N–H and O–H groups in total. The van der Waals surface area contributed by atoms with Gasteiger partial charge in [0.2, 0.25) is 5.91 Å². The summed E-state index contributed by atoms with van der Waals surface area (Å²) in [4.78, 5) is 15.9. The highest BCUT2D eigenvalue weighted by molar-refractivity contribution is 6.30. The van der Waals surface area contributed by atoms with Crippen LogP contribution < -0.4 is 4.74 Å². The zero-order valence-electron chi connectivity index (χ0n) is 14.0. The molecule has 1 aromatic rings. The quantitative estimate of drug-likeness (QED) is 0.759. The molecule has 1 saturated heterocycles. The van der Waals surface area contributed by atoms with Gasteiger partial charge in [-0.25, -0.2) is 0 Å². The number of halogens is 1. The fourth-order valence-corrected chi connectivity index (χ4v) is 2.73. The van der Waals surface area contributed by atoms with E-state index in [0.717, 1.165) is 13.1 Å². The second-order valence-electron chi connectivity index (χ2n) is 5.84. The molecule has 0 radical (unpaired) electrons. The van der Waals surface area contributed by atoms with Crippen LogP contribution in [-0.2, 0) is 9.53 Å². The van der Waals surface area contributed by atoms with Crippen LogP contribution in [0.3, 0.4) is 0 Å². The highest BCUT2D eigenvalue weighted by Gasteiger charge is 2.22. The first-order valence-corrected chi connectivity index (χ1v) is 8.52. The van der Waals surface area contributed by atoms with Crippen LogP contribution in [0.25, 0.3) is 0 Å². The Morgan fingerprint density at radius 1 is 1.25 bits per heavy atom. The highest BCUT2D eigenvalue weighted by atomic mass is 35.5. The van der Waals surface area contributed by atoms with E-state index in [1.165, 1.54) is 0 Å². The van der Waals surface area contributed by atoms with Crippen molar-refractivity contribution in [1.29, 1.82) is 0 Å². The Bertz CT molecular complexity index is 504. The zero-order chi connectivity index (χ0) is 17.4. The number of piperazine rings is 1. The highest BCUT2D eigenvalue weighted by Crippen LogP contribution is 2.15. The number of aliphatic hydroxyl groups excluding tert-OH is 1. The molecular formula is C17H25ClN2O4. The van der Waals surface area contributed by atoms with Crippen LogP contribution in [0, 0.1) is 0 Å². The summed E-state index contributed by atoms with van der Waals surface area (Å²) in [5, 5.41) is 10.8. The lowest BCUT2D eigenvalue weighted by atomic mass is 10.2. The van der Waals surface area contributed by atoms with Crippen molar-refractivity contribution in [3.63, 3.8) is 0 Å². The summed E-state index contributed by atoms with van der Waals surface area (Å²) < 4.78 is 10.5. The van der Waals surface area contributed by atoms with Gasteiger partial charge in [0.15, 0.2) is 0 Å². The summed E-state index contributed by atoms with van der Waals surface area (Å²) in [5.41, 5.74) is 0. The van der Waals surface area contributed by atoms with Crippen LogP contribution in [0.15, 0.2) is 24.3 Å². The summed E-state index contributed by atoms with van der Waals surface area (Å²) in [6, 6.07) is 7.06. The number of nitrogens with zero attached hydrogens (tertiary/aromatic N) is 2. The number of amides is 1. The van der Waals surface area contributed by atoms with Crippen LogP contribution in [0.5, 0.6) is 5.75 Å². The molecular weight excluding hydrogens is 332 g/mol. The number of aliphatic hydroxyl groups is 1. The lowest BCUT2D eigenvalue weighted by Gasteiger charge is -2.35. The van der Waals surface area contributed by atoms with E-state index in [2.05, 4.69) is 4.90 Å². The van der Waals surface area contributed by atoms with E-state index in [1.54, 1.807) is 31.4 Å². The van der Waals surface area contributed by atoms with Crippen LogP contribution >= 0.6 is 11.6 Å². The van der Waals surface area contributed by atoms with E-state index in [-0.39, 0.29) is 12.5 Å². The summed E-state index contributed by atoms with van der Waals surface area (Å²) >= 11 is 5.82. The Hall–Kier alpha value is -1.34. The lowest BCUT2D eigenvalue weighted by Crippen LogP contribution is -2.51. The van der Waals surface area contributed by atoms with Gasteiger partial charge in [-0.3, -0.25) is 9.69 Å². The molecule has 0 saturated carbocycles. The Labute approximate surface area is 147 Å². The maximum absolute atomic E-state index is 11.9. The predicted molar refractivity (Wildman–Crippen MR) is 92.5 cm³/mol. The van der Waals surface area contributed by atoms with Crippen LogP contribution in [-0.4, -0.2) is 80.0 Å². The minimum atomic E-state index is -0.573. The third-order valence-corrected chi connectivity index (χ3v) is 4.22. The number of carbonyl (C=O) groups is 1. The van der Waals surface area contributed by atoms with Crippen molar-refractivity contribution >= 4 is 17.5 Å². The number of β-amino-alcohol motifs (C(OH)–C–C–N with tert-alkyl or cyclic N) is 1. The number of carbonyl (C=O) groups excluding carboxylic acids is 1. The molecule has 7 heteroatoms. The van der Waals surface area contributed by atoms with Gasteiger partial charge >= 0.3 is 0 Å². The van der Waals surface area contributed by atoms with Gasteiger partial charge in [0, 0.05) is 44.9 Å². The second-order valence-corrected chi connectivity index (χ2v) is 6.28. The Morgan fingerprint density at radius 2 is 1.92 bits per heavy atom. The Balaban J connectivity index is 1.65. The molecule has 2 rings (SSSR count). The van der Waals surface area contributed by atoms with Gasteiger partial charge in [0.25, 0.3) is 0 Å². The van der Waals surface area contributed by atoms with Crippen molar-refractivity contribution in [3.05, 3.63) is 29.3 Å². The van der Waals surface area contributed by atoms with Gasteiger partial charge in [-0.15, -0.1) is 0 Å². The first-order valence-electron chi connectivity index (χ1n) is 8.14. The normalized spacial score (nSPS) is 16.9. The number of ether oxygens (including phenoxy) is 2. The van der Waals surface area contributed by atoms with Crippen molar-refractivity contribution in [2.75, 3.05) is 53.0 Å². The minimum absolute atomic E-state index is 0.128. The van der Waals surface area contributed by atoms with Crippen molar-refractivity contribution in [2.45, 2.75) is 12.5 Å². The monoisotopic (exact) mass is 356 g/mol. The standard InChI is InChI=1S/C17H25ClN2O4/c1-23-11-6-17(22)20-9-7-19(8-10-20)12-15(21)13-24-16-4-2-14(18)3-5-16/h2-5,15,21H,6-13H2,1H3. The molecule has 1 aliphatic rings. The lowest BCUT2D eigenvalue weighted by molar-refractivity contribution is -0.134. The SMILES string of the molecule is COCCC(=O)N1CCN(CC(O)COc2ccc(Cl)cc2)CC1. The topological polar surface area (TPSA) is 62.2 Å². The molecule has 0 aromatic heterocycles. The maximum Gasteiger partial charge on any atom is 0.224 e. The van der Waals surface area contributed by atoms with Crippen molar-refractivity contribution < 1.29 is 19.4 Å². The zero-order valence-corrected chi connectivity index (χ0v) is 14.7. The van der Waals surface area contributed by atoms with Gasteiger partial charge in [-0.2, -0.15) is 0 Å². The maximum atomic E-state index is 11.9. The molecule has 0 spiro atoms. The van der Waals surface area contributed by atoms with Crippen molar-refractivity contribution in [1.82, 2.24) is 9.80 Å².